The lowest BCUT2D eigenvalue weighted by atomic mass is 10.00. The Morgan fingerprint density at radius 1 is 1.24 bits per heavy atom. The van der Waals surface area contributed by atoms with Crippen molar-refractivity contribution < 1.29 is 4.74 Å². The van der Waals surface area contributed by atoms with Crippen LogP contribution in [-0.4, -0.2) is 23.1 Å². The van der Waals surface area contributed by atoms with Crippen molar-refractivity contribution in [1.29, 1.82) is 0 Å². The molecule has 0 aromatic heterocycles. The Kier molecular flexibility index (Phi) is 4.24. The second-order valence-electron chi connectivity index (χ2n) is 7.18. The van der Waals surface area contributed by atoms with Crippen LogP contribution in [0.5, 0.6) is 5.75 Å². The first-order valence-corrected chi connectivity index (χ1v) is 9.31. The molecule has 1 saturated carbocycles. The summed E-state index contributed by atoms with van der Waals surface area (Å²) in [6.45, 7) is 6.42. The first kappa shape index (κ1) is 15.2. The monoisotopic (exact) mass is 305 g/mol. The maximum Gasteiger partial charge on any atom is 0.123 e. The average molecular weight is 305 g/mol. The number of benzene rings is 1. The zero-order chi connectivity index (χ0) is 14.9. The fourth-order valence-corrected chi connectivity index (χ4v) is 4.62. The van der Waals surface area contributed by atoms with Crippen LogP contribution in [0.25, 0.3) is 0 Å². The van der Waals surface area contributed by atoms with E-state index in [0.29, 0.717) is 4.75 Å². The van der Waals surface area contributed by atoms with E-state index in [1.54, 1.807) is 0 Å². The minimum absolute atomic E-state index is 0.0405. The number of ether oxygens (including phenoxy) is 1. The number of hydrogen-bond acceptors (Lipinski definition) is 3. The molecule has 0 radical (unpaired) electrons. The van der Waals surface area contributed by atoms with Gasteiger partial charge in [-0.25, -0.2) is 0 Å². The molecule has 1 aromatic rings. The lowest BCUT2D eigenvalue weighted by molar-refractivity contribution is 0.138. The van der Waals surface area contributed by atoms with Crippen LogP contribution in [0.15, 0.2) is 18.2 Å². The third-order valence-electron chi connectivity index (χ3n) is 4.85. The highest BCUT2D eigenvalue weighted by Crippen LogP contribution is 2.39. The molecular formula is C18H27NOS. The van der Waals surface area contributed by atoms with E-state index < -0.39 is 0 Å². The molecule has 2 aliphatic rings. The van der Waals surface area contributed by atoms with Gasteiger partial charge in [0.25, 0.3) is 0 Å². The van der Waals surface area contributed by atoms with E-state index in [9.17, 15) is 0 Å². The van der Waals surface area contributed by atoms with E-state index in [2.05, 4.69) is 55.4 Å². The molecule has 1 fully saturated rings. The van der Waals surface area contributed by atoms with Gasteiger partial charge in [-0.1, -0.05) is 25.0 Å². The van der Waals surface area contributed by atoms with E-state index in [1.807, 2.05) is 0 Å². The Bertz CT molecular complexity index is 506. The zero-order valence-electron chi connectivity index (χ0n) is 13.5. The van der Waals surface area contributed by atoms with Crippen LogP contribution >= 0.6 is 11.8 Å². The largest absolute Gasteiger partial charge is 0.487 e. The standard InChI is InChI=1S/C18H27NOS/c1-17(2)11-15-10-14(6-7-16(15)20-17)12-19-13-18(21-3)8-4-5-9-18/h6-7,10,19H,4-5,8-9,11-13H2,1-3H3. The van der Waals surface area contributed by atoms with E-state index in [4.69, 9.17) is 4.74 Å². The van der Waals surface area contributed by atoms with Gasteiger partial charge in [-0.3, -0.25) is 0 Å². The van der Waals surface area contributed by atoms with Gasteiger partial charge in [-0.2, -0.15) is 11.8 Å². The fraction of sp³-hybridized carbons (Fsp3) is 0.667. The van der Waals surface area contributed by atoms with Crippen LogP contribution in [-0.2, 0) is 13.0 Å². The molecular weight excluding hydrogens is 278 g/mol. The van der Waals surface area contributed by atoms with Gasteiger partial charge in [0, 0.05) is 24.3 Å². The Morgan fingerprint density at radius 2 is 2.00 bits per heavy atom. The van der Waals surface area contributed by atoms with Crippen molar-refractivity contribution in [3.8, 4) is 5.75 Å². The smallest absolute Gasteiger partial charge is 0.123 e. The number of fused-ring (bicyclic) bond motifs is 1. The maximum absolute atomic E-state index is 5.94. The molecule has 116 valence electrons. The molecule has 0 amide bonds. The maximum atomic E-state index is 5.94. The van der Waals surface area contributed by atoms with Crippen molar-refractivity contribution in [1.82, 2.24) is 5.32 Å². The molecule has 1 aliphatic carbocycles. The number of nitrogens with one attached hydrogen (secondary N) is 1. The van der Waals surface area contributed by atoms with Gasteiger partial charge in [0.1, 0.15) is 11.4 Å². The Hall–Kier alpha value is -0.670. The molecule has 1 heterocycles. The summed E-state index contributed by atoms with van der Waals surface area (Å²) in [7, 11) is 0. The Balaban J connectivity index is 1.57. The highest BCUT2D eigenvalue weighted by Gasteiger charge is 2.32. The second kappa shape index (κ2) is 5.85. The number of rotatable bonds is 5. The van der Waals surface area contributed by atoms with Crippen molar-refractivity contribution in [3.05, 3.63) is 29.3 Å². The van der Waals surface area contributed by atoms with Gasteiger partial charge >= 0.3 is 0 Å². The zero-order valence-corrected chi connectivity index (χ0v) is 14.3. The molecule has 3 rings (SSSR count). The lowest BCUT2D eigenvalue weighted by Gasteiger charge is -2.27. The summed E-state index contributed by atoms with van der Waals surface area (Å²) in [6, 6.07) is 6.66. The number of hydrogen-bond donors (Lipinski definition) is 1. The summed E-state index contributed by atoms with van der Waals surface area (Å²) in [5, 5.41) is 3.69. The summed E-state index contributed by atoms with van der Waals surface area (Å²) in [5.41, 5.74) is 2.70. The summed E-state index contributed by atoms with van der Waals surface area (Å²) >= 11 is 2.05. The van der Waals surface area contributed by atoms with Gasteiger partial charge in [-0.05, 0) is 50.1 Å². The Morgan fingerprint density at radius 3 is 2.71 bits per heavy atom. The highest BCUT2D eigenvalue weighted by molar-refractivity contribution is 8.00. The van der Waals surface area contributed by atoms with E-state index in [1.165, 1.54) is 36.8 Å². The van der Waals surface area contributed by atoms with E-state index >= 15 is 0 Å². The molecule has 1 aliphatic heterocycles. The normalized spacial score (nSPS) is 22.0. The van der Waals surface area contributed by atoms with Gasteiger partial charge in [0.05, 0.1) is 0 Å². The molecule has 3 heteroatoms. The van der Waals surface area contributed by atoms with Crippen LogP contribution in [0.3, 0.4) is 0 Å². The van der Waals surface area contributed by atoms with Crippen molar-refractivity contribution in [2.24, 2.45) is 0 Å². The average Bonchev–Trinajstić information content (AvgIpc) is 3.01. The fourth-order valence-electron chi connectivity index (χ4n) is 3.68. The van der Waals surface area contributed by atoms with Gasteiger partial charge in [-0.15, -0.1) is 0 Å². The second-order valence-corrected chi connectivity index (χ2v) is 8.45. The first-order valence-electron chi connectivity index (χ1n) is 8.09. The summed E-state index contributed by atoms with van der Waals surface area (Å²) in [4.78, 5) is 0. The van der Waals surface area contributed by atoms with Gasteiger partial charge < -0.3 is 10.1 Å². The quantitative estimate of drug-likeness (QED) is 0.882. The van der Waals surface area contributed by atoms with Gasteiger partial charge in [0.2, 0.25) is 0 Å². The predicted octanol–water partition coefficient (Wildman–Crippen LogP) is 4.17. The van der Waals surface area contributed by atoms with E-state index in [-0.39, 0.29) is 5.60 Å². The van der Waals surface area contributed by atoms with Crippen LogP contribution in [0, 0.1) is 0 Å². The lowest BCUT2D eigenvalue weighted by Crippen LogP contribution is -2.34. The Labute approximate surface area is 133 Å². The predicted molar refractivity (Wildman–Crippen MR) is 91.3 cm³/mol. The molecule has 1 N–H and O–H groups in total. The molecule has 0 spiro atoms. The van der Waals surface area contributed by atoms with Crippen molar-refractivity contribution in [2.45, 2.75) is 62.8 Å². The van der Waals surface area contributed by atoms with Crippen molar-refractivity contribution >= 4 is 11.8 Å². The van der Waals surface area contributed by atoms with Crippen molar-refractivity contribution in [2.75, 3.05) is 12.8 Å². The molecule has 1 aromatic carbocycles. The molecule has 0 atom stereocenters. The van der Waals surface area contributed by atoms with Crippen LogP contribution in [0.1, 0.15) is 50.7 Å². The summed E-state index contributed by atoms with van der Waals surface area (Å²) < 4.78 is 6.43. The SMILES string of the molecule is CSC1(CNCc2ccc3c(c2)CC(C)(C)O3)CCCC1. The first-order chi connectivity index (χ1) is 10.0. The van der Waals surface area contributed by atoms with Crippen LogP contribution in [0.4, 0.5) is 0 Å². The molecule has 2 nitrogen and oxygen atoms in total. The van der Waals surface area contributed by atoms with Gasteiger partial charge in [0.15, 0.2) is 0 Å². The molecule has 0 saturated heterocycles. The third-order valence-corrected chi connectivity index (χ3v) is 6.27. The minimum atomic E-state index is -0.0405. The minimum Gasteiger partial charge on any atom is -0.487 e. The third kappa shape index (κ3) is 3.40. The summed E-state index contributed by atoms with van der Waals surface area (Å²) in [5.74, 6) is 1.07. The van der Waals surface area contributed by atoms with Crippen LogP contribution < -0.4 is 10.1 Å². The summed E-state index contributed by atoms with van der Waals surface area (Å²) in [6.07, 6.45) is 8.81. The molecule has 0 unspecified atom stereocenters. The number of thioether (sulfide) groups is 1. The van der Waals surface area contributed by atoms with Crippen LogP contribution in [0.2, 0.25) is 0 Å². The van der Waals surface area contributed by atoms with Crippen molar-refractivity contribution in [3.63, 3.8) is 0 Å². The van der Waals surface area contributed by atoms with E-state index in [0.717, 1.165) is 25.3 Å². The molecule has 21 heavy (non-hydrogen) atoms. The highest BCUT2D eigenvalue weighted by atomic mass is 32.2. The molecule has 0 bridgehead atoms. The topological polar surface area (TPSA) is 21.3 Å².